The molecule has 6 nitrogen and oxygen atoms in total. The third-order valence-electron chi connectivity index (χ3n) is 5.11. The van der Waals surface area contributed by atoms with Crippen molar-refractivity contribution >= 4 is 5.97 Å². The zero-order valence-electron chi connectivity index (χ0n) is 17.2. The maximum atomic E-state index is 11.7. The fourth-order valence-electron chi connectivity index (χ4n) is 3.39. The van der Waals surface area contributed by atoms with Crippen LogP contribution in [0.25, 0.3) is 11.5 Å². The van der Waals surface area contributed by atoms with E-state index in [1.807, 2.05) is 61.5 Å². The number of carboxylic acids is 1. The quantitative estimate of drug-likeness (QED) is 0.570. The van der Waals surface area contributed by atoms with Gasteiger partial charge in [-0.15, -0.1) is 0 Å². The molecule has 1 atom stereocenters. The number of rotatable bonds is 8. The number of benzene rings is 2. The molecule has 0 aliphatic carbocycles. The van der Waals surface area contributed by atoms with Crippen molar-refractivity contribution in [3.63, 3.8) is 0 Å². The van der Waals surface area contributed by atoms with E-state index in [0.29, 0.717) is 24.7 Å². The predicted molar refractivity (Wildman–Crippen MR) is 116 cm³/mol. The summed E-state index contributed by atoms with van der Waals surface area (Å²) in [5, 5.41) is 9.58. The molecule has 4 rings (SSSR count). The smallest absolute Gasteiger partial charge is 0.352 e. The van der Waals surface area contributed by atoms with Crippen molar-refractivity contribution in [2.75, 3.05) is 6.61 Å². The van der Waals surface area contributed by atoms with E-state index in [1.165, 1.54) is 6.26 Å². The standard InChI is InChI=1S/C25H23NO5/c1-18-22(26-23(31-18)20-7-3-2-4-8-20)13-16-29-21-11-9-19(10-12-21)17-25(24(27)28)14-5-6-15-30-25/h2-12,14-15H,13,16-17H2,1H3,(H,27,28)/t25-/m0/s1. The first-order valence-electron chi connectivity index (χ1n) is 10.0. The third kappa shape index (κ3) is 4.69. The number of hydrogen-bond acceptors (Lipinski definition) is 5. The van der Waals surface area contributed by atoms with Crippen molar-refractivity contribution in [1.82, 2.24) is 4.98 Å². The Labute approximate surface area is 180 Å². The summed E-state index contributed by atoms with van der Waals surface area (Å²) in [5.74, 6) is 1.08. The third-order valence-corrected chi connectivity index (χ3v) is 5.11. The maximum Gasteiger partial charge on any atom is 0.352 e. The molecule has 1 aliphatic heterocycles. The van der Waals surface area contributed by atoms with Crippen LogP contribution in [-0.4, -0.2) is 28.3 Å². The van der Waals surface area contributed by atoms with Crippen LogP contribution in [0.3, 0.4) is 0 Å². The van der Waals surface area contributed by atoms with Gasteiger partial charge < -0.3 is 19.0 Å². The highest BCUT2D eigenvalue weighted by Crippen LogP contribution is 2.25. The monoisotopic (exact) mass is 417 g/mol. The van der Waals surface area contributed by atoms with Gasteiger partial charge in [0.1, 0.15) is 11.5 Å². The zero-order chi connectivity index (χ0) is 21.7. The lowest BCUT2D eigenvalue weighted by Gasteiger charge is -2.27. The Hall–Kier alpha value is -3.80. The molecule has 0 saturated carbocycles. The summed E-state index contributed by atoms with van der Waals surface area (Å²) in [6.45, 7) is 2.36. The van der Waals surface area contributed by atoms with E-state index in [0.717, 1.165) is 22.6 Å². The summed E-state index contributed by atoms with van der Waals surface area (Å²) < 4.78 is 17.0. The first-order chi connectivity index (χ1) is 15.1. The molecular weight excluding hydrogens is 394 g/mol. The molecule has 0 fully saturated rings. The fourth-order valence-corrected chi connectivity index (χ4v) is 3.39. The molecule has 2 heterocycles. The largest absolute Gasteiger partial charge is 0.493 e. The van der Waals surface area contributed by atoms with Crippen LogP contribution in [-0.2, 0) is 22.4 Å². The molecule has 158 valence electrons. The number of carboxylic acid groups (broad SMARTS) is 1. The Morgan fingerprint density at radius 3 is 2.55 bits per heavy atom. The summed E-state index contributed by atoms with van der Waals surface area (Å²) in [5.41, 5.74) is 1.28. The van der Waals surface area contributed by atoms with Crippen molar-refractivity contribution in [1.29, 1.82) is 0 Å². The van der Waals surface area contributed by atoms with Gasteiger partial charge >= 0.3 is 5.97 Å². The molecule has 1 aliphatic rings. The lowest BCUT2D eigenvalue weighted by molar-refractivity contribution is -0.154. The molecule has 0 spiro atoms. The van der Waals surface area contributed by atoms with Gasteiger partial charge in [-0.05, 0) is 48.9 Å². The summed E-state index contributed by atoms with van der Waals surface area (Å²) in [7, 11) is 0. The van der Waals surface area contributed by atoms with Crippen LogP contribution in [0.4, 0.5) is 0 Å². The van der Waals surface area contributed by atoms with Crippen LogP contribution in [0.2, 0.25) is 0 Å². The molecule has 0 radical (unpaired) electrons. The molecule has 0 saturated heterocycles. The summed E-state index contributed by atoms with van der Waals surface area (Å²) >= 11 is 0. The van der Waals surface area contributed by atoms with Gasteiger partial charge in [-0.2, -0.15) is 0 Å². The van der Waals surface area contributed by atoms with Crippen molar-refractivity contribution < 1.29 is 23.8 Å². The highest BCUT2D eigenvalue weighted by Gasteiger charge is 2.38. The van der Waals surface area contributed by atoms with Crippen molar-refractivity contribution in [2.24, 2.45) is 0 Å². The second-order valence-corrected chi connectivity index (χ2v) is 7.31. The van der Waals surface area contributed by atoms with E-state index in [-0.39, 0.29) is 6.42 Å². The number of allylic oxidation sites excluding steroid dienone is 2. The van der Waals surface area contributed by atoms with E-state index in [2.05, 4.69) is 4.98 Å². The van der Waals surface area contributed by atoms with Gasteiger partial charge in [-0.25, -0.2) is 9.78 Å². The molecular formula is C25H23NO5. The van der Waals surface area contributed by atoms with Gasteiger partial charge in [0, 0.05) is 18.4 Å². The average molecular weight is 417 g/mol. The normalized spacial score (nSPS) is 17.3. The van der Waals surface area contributed by atoms with Crippen LogP contribution < -0.4 is 4.74 Å². The van der Waals surface area contributed by atoms with Gasteiger partial charge in [0.25, 0.3) is 0 Å². The number of aromatic nitrogens is 1. The maximum absolute atomic E-state index is 11.7. The van der Waals surface area contributed by atoms with E-state index in [1.54, 1.807) is 18.2 Å². The number of hydrogen-bond donors (Lipinski definition) is 1. The van der Waals surface area contributed by atoms with Gasteiger partial charge in [0.2, 0.25) is 11.5 Å². The van der Waals surface area contributed by atoms with Gasteiger partial charge in [0.15, 0.2) is 0 Å². The lowest BCUT2D eigenvalue weighted by Crippen LogP contribution is -2.41. The van der Waals surface area contributed by atoms with Crippen LogP contribution in [0.5, 0.6) is 5.75 Å². The first kappa shape index (κ1) is 20.5. The zero-order valence-corrected chi connectivity index (χ0v) is 17.2. The molecule has 0 amide bonds. The number of aryl methyl sites for hydroxylation is 1. The minimum atomic E-state index is -1.38. The number of aliphatic carboxylic acids is 1. The van der Waals surface area contributed by atoms with Crippen LogP contribution in [0, 0.1) is 6.92 Å². The van der Waals surface area contributed by atoms with Gasteiger partial charge in [-0.3, -0.25) is 0 Å². The lowest BCUT2D eigenvalue weighted by atomic mass is 9.93. The number of carbonyl (C=O) groups is 1. The molecule has 6 heteroatoms. The summed E-state index contributed by atoms with van der Waals surface area (Å²) in [6.07, 6.45) is 7.16. The molecule has 0 unspecified atom stereocenters. The minimum Gasteiger partial charge on any atom is -0.493 e. The first-order valence-corrected chi connectivity index (χ1v) is 10.0. The van der Waals surface area contributed by atoms with Crippen LogP contribution in [0.1, 0.15) is 17.0 Å². The molecule has 3 aromatic rings. The Balaban J connectivity index is 1.34. The second kappa shape index (κ2) is 8.92. The molecule has 31 heavy (non-hydrogen) atoms. The van der Waals surface area contributed by atoms with Crippen LogP contribution in [0.15, 0.2) is 83.5 Å². The molecule has 1 aromatic heterocycles. The van der Waals surface area contributed by atoms with E-state index < -0.39 is 11.6 Å². The molecule has 0 bridgehead atoms. The van der Waals surface area contributed by atoms with E-state index in [9.17, 15) is 9.90 Å². The number of oxazole rings is 1. The Morgan fingerprint density at radius 2 is 1.87 bits per heavy atom. The van der Waals surface area contributed by atoms with Gasteiger partial charge in [-0.1, -0.05) is 36.4 Å². The molecule has 1 N–H and O–H groups in total. The second-order valence-electron chi connectivity index (χ2n) is 7.31. The Kier molecular flexibility index (Phi) is 5.89. The number of nitrogens with zero attached hydrogens (tertiary/aromatic N) is 1. The minimum absolute atomic E-state index is 0.226. The fraction of sp³-hybridized carbons (Fsp3) is 0.200. The highest BCUT2D eigenvalue weighted by atomic mass is 16.5. The van der Waals surface area contributed by atoms with Crippen molar-refractivity contribution in [2.45, 2.75) is 25.4 Å². The van der Waals surface area contributed by atoms with E-state index >= 15 is 0 Å². The summed E-state index contributed by atoms with van der Waals surface area (Å²) in [4.78, 5) is 16.3. The average Bonchev–Trinajstić information content (AvgIpc) is 3.17. The van der Waals surface area contributed by atoms with E-state index in [4.69, 9.17) is 13.9 Å². The Bertz CT molecular complexity index is 1100. The van der Waals surface area contributed by atoms with Crippen LogP contribution >= 0.6 is 0 Å². The van der Waals surface area contributed by atoms with Crippen molar-refractivity contribution in [3.05, 3.63) is 96.1 Å². The summed E-state index contributed by atoms with van der Waals surface area (Å²) in [6, 6.07) is 17.2. The SMILES string of the molecule is Cc1oc(-c2ccccc2)nc1CCOc1ccc(C[C@]2(C(=O)O)C=CC=CO2)cc1. The number of ether oxygens (including phenoxy) is 2. The highest BCUT2D eigenvalue weighted by molar-refractivity contribution is 5.81. The topological polar surface area (TPSA) is 81.8 Å². The van der Waals surface area contributed by atoms with Crippen molar-refractivity contribution in [3.8, 4) is 17.2 Å². The van der Waals surface area contributed by atoms with Gasteiger partial charge in [0.05, 0.1) is 18.6 Å². The predicted octanol–water partition coefficient (Wildman–Crippen LogP) is 4.74. The Morgan fingerprint density at radius 1 is 1.10 bits per heavy atom. The molecule has 2 aromatic carbocycles.